The number of hydrogen-bond acceptors (Lipinski definition) is 4. The molecule has 158 valence electrons. The topological polar surface area (TPSA) is 53.3 Å². The van der Waals surface area contributed by atoms with E-state index in [0.29, 0.717) is 47.1 Å². The zero-order valence-electron chi connectivity index (χ0n) is 16.8. The fraction of sp³-hybridized carbons (Fsp3) is 0.167. The minimum atomic E-state index is -0.0657. The average molecular weight is 500 g/mol. The second-order valence-corrected chi connectivity index (χ2v) is 8.21. The smallest absolute Gasteiger partial charge is 0.261 e. The molecule has 4 aromatic rings. The molecule has 1 aromatic heterocycles. The van der Waals surface area contributed by atoms with Gasteiger partial charge >= 0.3 is 0 Å². The normalized spacial score (nSPS) is 10.9. The number of para-hydroxylation sites is 1. The Hall–Kier alpha value is -2.83. The number of aromatic nitrogens is 2. The van der Waals surface area contributed by atoms with Gasteiger partial charge in [-0.3, -0.25) is 9.36 Å². The number of ether oxygens (including phenoxy) is 2. The van der Waals surface area contributed by atoms with E-state index < -0.39 is 0 Å². The minimum absolute atomic E-state index is 0.0657. The summed E-state index contributed by atoms with van der Waals surface area (Å²) in [7, 11) is 1.62. The molecule has 0 saturated heterocycles. The molecule has 7 heteroatoms. The monoisotopic (exact) mass is 498 g/mol. The van der Waals surface area contributed by atoms with Crippen molar-refractivity contribution >= 4 is 38.4 Å². The molecule has 0 unspecified atom stereocenters. The van der Waals surface area contributed by atoms with Gasteiger partial charge in [0, 0.05) is 17.1 Å². The summed E-state index contributed by atoms with van der Waals surface area (Å²) in [5.41, 5.74) is 1.46. The lowest BCUT2D eigenvalue weighted by Crippen LogP contribution is -2.24. The highest BCUT2D eigenvalue weighted by Gasteiger charge is 2.13. The Morgan fingerprint density at radius 2 is 1.84 bits per heavy atom. The molecule has 0 spiro atoms. The quantitative estimate of drug-likeness (QED) is 0.295. The van der Waals surface area contributed by atoms with Crippen molar-refractivity contribution in [3.8, 4) is 22.9 Å². The standard InChI is InChI=1S/C24H20BrClN2O3/c1-30-18-10-7-16(8-11-18)23-27-21-6-3-2-5-19(21)24(29)28(23)13-4-14-31-22-12-9-17(26)15-20(22)25/h2-3,5-12,15H,4,13-14H2,1H3. The van der Waals surface area contributed by atoms with Crippen LogP contribution in [0, 0.1) is 0 Å². The number of methoxy groups -OCH3 is 1. The molecule has 31 heavy (non-hydrogen) atoms. The number of fused-ring (bicyclic) bond motifs is 1. The number of benzene rings is 3. The Balaban J connectivity index is 1.61. The first-order chi connectivity index (χ1) is 15.1. The van der Waals surface area contributed by atoms with Crippen LogP contribution in [-0.4, -0.2) is 23.3 Å². The summed E-state index contributed by atoms with van der Waals surface area (Å²) >= 11 is 9.43. The minimum Gasteiger partial charge on any atom is -0.497 e. The van der Waals surface area contributed by atoms with Crippen molar-refractivity contribution in [3.63, 3.8) is 0 Å². The molecule has 0 radical (unpaired) electrons. The second-order valence-electron chi connectivity index (χ2n) is 6.91. The SMILES string of the molecule is COc1ccc(-c2nc3ccccc3c(=O)n2CCCOc2ccc(Cl)cc2Br)cc1. The second kappa shape index (κ2) is 9.54. The van der Waals surface area contributed by atoms with Crippen LogP contribution in [-0.2, 0) is 6.54 Å². The number of rotatable bonds is 7. The molecule has 3 aromatic carbocycles. The van der Waals surface area contributed by atoms with E-state index in [2.05, 4.69) is 15.9 Å². The van der Waals surface area contributed by atoms with Crippen LogP contribution in [0.4, 0.5) is 0 Å². The van der Waals surface area contributed by atoms with E-state index in [0.717, 1.165) is 15.8 Å². The van der Waals surface area contributed by atoms with Crippen molar-refractivity contribution in [2.45, 2.75) is 13.0 Å². The van der Waals surface area contributed by atoms with Gasteiger partial charge in [0.25, 0.3) is 5.56 Å². The maximum atomic E-state index is 13.2. The van der Waals surface area contributed by atoms with E-state index in [1.807, 2.05) is 48.5 Å². The summed E-state index contributed by atoms with van der Waals surface area (Å²) in [4.78, 5) is 18.0. The molecule has 0 atom stereocenters. The van der Waals surface area contributed by atoms with Crippen LogP contribution in [0.15, 0.2) is 76.0 Å². The van der Waals surface area contributed by atoms with Crippen molar-refractivity contribution in [3.05, 3.63) is 86.6 Å². The summed E-state index contributed by atoms with van der Waals surface area (Å²) in [6.07, 6.45) is 0.637. The van der Waals surface area contributed by atoms with Crippen molar-refractivity contribution in [2.75, 3.05) is 13.7 Å². The van der Waals surface area contributed by atoms with Crippen LogP contribution in [0.5, 0.6) is 11.5 Å². The number of halogens is 2. The fourth-order valence-electron chi connectivity index (χ4n) is 3.33. The van der Waals surface area contributed by atoms with Gasteiger partial charge in [-0.05, 0) is 76.9 Å². The molecular formula is C24H20BrClN2O3. The largest absolute Gasteiger partial charge is 0.497 e. The van der Waals surface area contributed by atoms with Crippen molar-refractivity contribution < 1.29 is 9.47 Å². The maximum absolute atomic E-state index is 13.2. The van der Waals surface area contributed by atoms with Gasteiger partial charge in [0.1, 0.15) is 17.3 Å². The molecule has 5 nitrogen and oxygen atoms in total. The number of hydrogen-bond donors (Lipinski definition) is 0. The van der Waals surface area contributed by atoms with Crippen LogP contribution in [0.2, 0.25) is 5.02 Å². The van der Waals surface area contributed by atoms with Gasteiger partial charge < -0.3 is 9.47 Å². The Kier molecular flexibility index (Phi) is 6.59. The molecule has 0 amide bonds. The predicted octanol–water partition coefficient (Wildman–Crippen LogP) is 5.96. The molecule has 0 saturated carbocycles. The maximum Gasteiger partial charge on any atom is 0.261 e. The fourth-order valence-corrected chi connectivity index (χ4v) is 4.13. The summed E-state index contributed by atoms with van der Waals surface area (Å²) in [6, 6.07) is 20.3. The molecule has 0 fully saturated rings. The highest BCUT2D eigenvalue weighted by atomic mass is 79.9. The summed E-state index contributed by atoms with van der Waals surface area (Å²) < 4.78 is 13.6. The van der Waals surface area contributed by atoms with Gasteiger partial charge in [-0.25, -0.2) is 4.98 Å². The van der Waals surface area contributed by atoms with E-state index >= 15 is 0 Å². The van der Waals surface area contributed by atoms with E-state index in [1.54, 1.807) is 29.9 Å². The highest BCUT2D eigenvalue weighted by molar-refractivity contribution is 9.10. The molecule has 0 aliphatic heterocycles. The first-order valence-corrected chi connectivity index (χ1v) is 11.0. The van der Waals surface area contributed by atoms with Crippen molar-refractivity contribution in [1.82, 2.24) is 9.55 Å². The van der Waals surface area contributed by atoms with Crippen LogP contribution < -0.4 is 15.0 Å². The molecule has 0 bridgehead atoms. The highest BCUT2D eigenvalue weighted by Crippen LogP contribution is 2.28. The molecule has 0 aliphatic rings. The van der Waals surface area contributed by atoms with Crippen molar-refractivity contribution in [2.24, 2.45) is 0 Å². The van der Waals surface area contributed by atoms with Gasteiger partial charge in [-0.2, -0.15) is 0 Å². The zero-order chi connectivity index (χ0) is 21.8. The lowest BCUT2D eigenvalue weighted by molar-refractivity contribution is 0.299. The first-order valence-electron chi connectivity index (χ1n) is 9.78. The Bertz CT molecular complexity index is 1270. The number of nitrogens with zero attached hydrogens (tertiary/aromatic N) is 2. The van der Waals surface area contributed by atoms with Crippen molar-refractivity contribution in [1.29, 1.82) is 0 Å². The zero-order valence-corrected chi connectivity index (χ0v) is 19.2. The molecular weight excluding hydrogens is 480 g/mol. The molecule has 1 heterocycles. The molecule has 0 N–H and O–H groups in total. The summed E-state index contributed by atoms with van der Waals surface area (Å²) in [6.45, 7) is 0.921. The Morgan fingerprint density at radius 3 is 2.58 bits per heavy atom. The predicted molar refractivity (Wildman–Crippen MR) is 127 cm³/mol. The average Bonchev–Trinajstić information content (AvgIpc) is 2.79. The van der Waals surface area contributed by atoms with E-state index in [1.165, 1.54) is 0 Å². The Morgan fingerprint density at radius 1 is 1.06 bits per heavy atom. The van der Waals surface area contributed by atoms with Gasteiger partial charge in [-0.15, -0.1) is 0 Å². The van der Waals surface area contributed by atoms with Crippen LogP contribution >= 0.6 is 27.5 Å². The van der Waals surface area contributed by atoms with E-state index in [4.69, 9.17) is 26.1 Å². The molecule has 0 aliphatic carbocycles. The van der Waals surface area contributed by atoms with Gasteiger partial charge in [-0.1, -0.05) is 23.7 Å². The lowest BCUT2D eigenvalue weighted by Gasteiger charge is -2.15. The van der Waals surface area contributed by atoms with Crippen LogP contribution in [0.25, 0.3) is 22.3 Å². The van der Waals surface area contributed by atoms with E-state index in [-0.39, 0.29) is 5.56 Å². The third kappa shape index (κ3) is 4.75. The molecule has 4 rings (SSSR count). The first kappa shape index (κ1) is 21.4. The lowest BCUT2D eigenvalue weighted by atomic mass is 10.1. The van der Waals surface area contributed by atoms with Gasteiger partial charge in [0.05, 0.1) is 29.1 Å². The summed E-state index contributed by atoms with van der Waals surface area (Å²) in [5, 5.41) is 1.23. The van der Waals surface area contributed by atoms with E-state index in [9.17, 15) is 4.79 Å². The third-order valence-electron chi connectivity index (χ3n) is 4.89. The summed E-state index contributed by atoms with van der Waals surface area (Å²) in [5.74, 6) is 2.09. The van der Waals surface area contributed by atoms with Crippen LogP contribution in [0.3, 0.4) is 0 Å². The van der Waals surface area contributed by atoms with Gasteiger partial charge in [0.2, 0.25) is 0 Å². The Labute approximate surface area is 193 Å². The van der Waals surface area contributed by atoms with Crippen LogP contribution in [0.1, 0.15) is 6.42 Å². The van der Waals surface area contributed by atoms with Gasteiger partial charge in [0.15, 0.2) is 0 Å². The third-order valence-corrected chi connectivity index (χ3v) is 5.74.